The number of nitrogens with zero attached hydrogens (tertiary/aromatic N) is 1. The molecule has 0 rings (SSSR count). The van der Waals surface area contributed by atoms with E-state index < -0.39 is 0 Å². The molecule has 0 saturated carbocycles. The van der Waals surface area contributed by atoms with Crippen LogP contribution >= 0.6 is 0 Å². The van der Waals surface area contributed by atoms with Crippen LogP contribution in [0.25, 0.3) is 0 Å². The van der Waals surface area contributed by atoms with Crippen LogP contribution in [0.15, 0.2) is 0 Å². The third kappa shape index (κ3) is 4.66. The van der Waals surface area contributed by atoms with E-state index in [0.717, 1.165) is 17.9 Å². The third-order valence-corrected chi connectivity index (χ3v) is 2.66. The van der Waals surface area contributed by atoms with Gasteiger partial charge in [0, 0.05) is 12.6 Å². The summed E-state index contributed by atoms with van der Waals surface area (Å²) < 4.78 is 0. The Balaban J connectivity index is 4.16. The molecule has 0 aromatic rings. The molecule has 0 fully saturated rings. The van der Waals surface area contributed by atoms with Gasteiger partial charge in [-0.3, -0.25) is 0 Å². The van der Waals surface area contributed by atoms with Crippen LogP contribution in [0, 0.1) is 11.8 Å². The quantitative estimate of drug-likeness (QED) is 0.613. The molecule has 1 heteroatoms. The number of hydrogen-bond acceptors (Lipinski definition) is 1. The highest BCUT2D eigenvalue weighted by molar-refractivity contribution is 4.73. The Hall–Kier alpha value is -0.0400. The predicted octanol–water partition coefficient (Wildman–Crippen LogP) is 3.40. The Morgan fingerprint density at radius 2 is 1.54 bits per heavy atom. The summed E-state index contributed by atoms with van der Waals surface area (Å²) in [5.74, 6) is 1.57. The first kappa shape index (κ1) is 13.0. The van der Waals surface area contributed by atoms with Gasteiger partial charge in [-0.2, -0.15) is 0 Å². The Kier molecular flexibility index (Phi) is 6.40. The molecule has 0 aliphatic carbocycles. The summed E-state index contributed by atoms with van der Waals surface area (Å²) in [6.45, 7) is 16.3. The average molecular weight is 185 g/mol. The lowest BCUT2D eigenvalue weighted by molar-refractivity contribution is 0.141. The molecule has 0 aromatic heterocycles. The van der Waals surface area contributed by atoms with Crippen LogP contribution in [-0.4, -0.2) is 24.0 Å². The van der Waals surface area contributed by atoms with E-state index in [1.807, 2.05) is 0 Å². The van der Waals surface area contributed by atoms with Crippen LogP contribution in [0.3, 0.4) is 0 Å². The molecule has 1 nitrogen and oxygen atoms in total. The van der Waals surface area contributed by atoms with Crippen LogP contribution in [0.5, 0.6) is 0 Å². The van der Waals surface area contributed by atoms with Gasteiger partial charge in [0.25, 0.3) is 0 Å². The van der Waals surface area contributed by atoms with Crippen molar-refractivity contribution >= 4 is 0 Å². The average Bonchev–Trinajstić information content (AvgIpc) is 2.02. The molecule has 0 spiro atoms. The fourth-order valence-electron chi connectivity index (χ4n) is 2.12. The summed E-state index contributed by atoms with van der Waals surface area (Å²) in [7, 11) is 0. The zero-order chi connectivity index (χ0) is 10.4. The van der Waals surface area contributed by atoms with Gasteiger partial charge in [0.2, 0.25) is 0 Å². The van der Waals surface area contributed by atoms with Crippen molar-refractivity contribution in [1.82, 2.24) is 4.90 Å². The van der Waals surface area contributed by atoms with Gasteiger partial charge < -0.3 is 4.90 Å². The first-order valence-electron chi connectivity index (χ1n) is 5.76. The summed E-state index contributed by atoms with van der Waals surface area (Å²) >= 11 is 0. The Morgan fingerprint density at radius 1 is 1.00 bits per heavy atom. The topological polar surface area (TPSA) is 3.24 Å². The molecule has 0 radical (unpaired) electrons. The monoisotopic (exact) mass is 185 g/mol. The van der Waals surface area contributed by atoms with Gasteiger partial charge in [-0.05, 0) is 24.8 Å². The number of rotatable bonds is 6. The van der Waals surface area contributed by atoms with Gasteiger partial charge in [-0.1, -0.05) is 41.5 Å². The van der Waals surface area contributed by atoms with Crippen molar-refractivity contribution < 1.29 is 0 Å². The smallest absolute Gasteiger partial charge is 0.0116 e. The minimum absolute atomic E-state index is 0.771. The molecular weight excluding hydrogens is 158 g/mol. The third-order valence-electron chi connectivity index (χ3n) is 2.66. The van der Waals surface area contributed by atoms with E-state index in [4.69, 9.17) is 0 Å². The van der Waals surface area contributed by atoms with Crippen molar-refractivity contribution in [3.05, 3.63) is 0 Å². The second-order valence-corrected chi connectivity index (χ2v) is 4.70. The molecule has 0 N–H and O–H groups in total. The zero-order valence-corrected chi connectivity index (χ0v) is 10.3. The fraction of sp³-hybridized carbons (Fsp3) is 1.00. The van der Waals surface area contributed by atoms with Crippen LogP contribution < -0.4 is 0 Å². The normalized spacial score (nSPS) is 14.5. The van der Waals surface area contributed by atoms with E-state index >= 15 is 0 Å². The van der Waals surface area contributed by atoms with Gasteiger partial charge in [-0.25, -0.2) is 0 Å². The Labute approximate surface area is 84.5 Å². The minimum Gasteiger partial charge on any atom is -0.300 e. The second-order valence-electron chi connectivity index (χ2n) is 4.70. The van der Waals surface area contributed by atoms with Crippen molar-refractivity contribution in [1.29, 1.82) is 0 Å². The predicted molar refractivity (Wildman–Crippen MR) is 61.0 cm³/mol. The standard InChI is InChI=1S/C12H27N/c1-7-12(11(5)6)13(8-2)9-10(3)4/h10-12H,7-9H2,1-6H3/t12-/m1/s1. The second kappa shape index (κ2) is 6.42. The van der Waals surface area contributed by atoms with Crippen molar-refractivity contribution in [3.8, 4) is 0 Å². The van der Waals surface area contributed by atoms with Crippen LogP contribution in [0.1, 0.15) is 48.0 Å². The molecule has 80 valence electrons. The van der Waals surface area contributed by atoms with Gasteiger partial charge in [0.1, 0.15) is 0 Å². The SMILES string of the molecule is CC[C@H](C(C)C)N(CC)CC(C)C. The van der Waals surface area contributed by atoms with Gasteiger partial charge in [0.15, 0.2) is 0 Å². The summed E-state index contributed by atoms with van der Waals surface area (Å²) in [4.78, 5) is 2.62. The maximum Gasteiger partial charge on any atom is 0.0116 e. The maximum absolute atomic E-state index is 2.62. The van der Waals surface area contributed by atoms with Gasteiger partial charge in [-0.15, -0.1) is 0 Å². The van der Waals surface area contributed by atoms with Gasteiger partial charge in [0.05, 0.1) is 0 Å². The molecular formula is C12H27N. The summed E-state index contributed by atoms with van der Waals surface area (Å²) in [6, 6.07) is 0.771. The van der Waals surface area contributed by atoms with Crippen LogP contribution in [0.4, 0.5) is 0 Å². The van der Waals surface area contributed by atoms with E-state index in [2.05, 4.69) is 46.4 Å². The van der Waals surface area contributed by atoms with E-state index in [0.29, 0.717) is 0 Å². The van der Waals surface area contributed by atoms with Crippen molar-refractivity contribution in [2.45, 2.75) is 54.0 Å². The Bertz CT molecular complexity index is 118. The molecule has 0 aliphatic heterocycles. The summed E-state index contributed by atoms with van der Waals surface area (Å²) in [6.07, 6.45) is 1.28. The number of hydrogen-bond donors (Lipinski definition) is 0. The lowest BCUT2D eigenvalue weighted by atomic mass is 9.99. The highest BCUT2D eigenvalue weighted by Crippen LogP contribution is 2.15. The van der Waals surface area contributed by atoms with Crippen molar-refractivity contribution in [2.24, 2.45) is 11.8 Å². The summed E-state index contributed by atoms with van der Waals surface area (Å²) in [5, 5.41) is 0. The lowest BCUT2D eigenvalue weighted by Crippen LogP contribution is -2.40. The first-order chi connectivity index (χ1) is 6.02. The molecule has 0 aliphatic rings. The minimum atomic E-state index is 0.771. The molecule has 13 heavy (non-hydrogen) atoms. The van der Waals surface area contributed by atoms with E-state index in [9.17, 15) is 0 Å². The molecule has 0 saturated heterocycles. The van der Waals surface area contributed by atoms with Crippen molar-refractivity contribution in [2.75, 3.05) is 13.1 Å². The van der Waals surface area contributed by atoms with E-state index in [1.165, 1.54) is 19.5 Å². The lowest BCUT2D eigenvalue weighted by Gasteiger charge is -2.34. The molecule has 0 bridgehead atoms. The van der Waals surface area contributed by atoms with Crippen LogP contribution in [0.2, 0.25) is 0 Å². The molecule has 0 amide bonds. The van der Waals surface area contributed by atoms with Crippen LogP contribution in [-0.2, 0) is 0 Å². The molecule has 0 unspecified atom stereocenters. The highest BCUT2D eigenvalue weighted by atomic mass is 15.2. The molecule has 0 heterocycles. The summed E-state index contributed by atoms with van der Waals surface area (Å²) in [5.41, 5.74) is 0. The largest absolute Gasteiger partial charge is 0.300 e. The molecule has 0 aromatic carbocycles. The van der Waals surface area contributed by atoms with Gasteiger partial charge >= 0.3 is 0 Å². The van der Waals surface area contributed by atoms with E-state index in [1.54, 1.807) is 0 Å². The zero-order valence-electron chi connectivity index (χ0n) is 10.3. The maximum atomic E-state index is 2.62. The molecule has 1 atom stereocenters. The Morgan fingerprint density at radius 3 is 1.77 bits per heavy atom. The highest BCUT2D eigenvalue weighted by Gasteiger charge is 2.18. The fourth-order valence-corrected chi connectivity index (χ4v) is 2.12. The van der Waals surface area contributed by atoms with E-state index in [-0.39, 0.29) is 0 Å². The first-order valence-corrected chi connectivity index (χ1v) is 5.76. The van der Waals surface area contributed by atoms with Crippen molar-refractivity contribution in [3.63, 3.8) is 0 Å².